The first-order valence-electron chi connectivity index (χ1n) is 8.29. The van der Waals surface area contributed by atoms with Gasteiger partial charge < -0.3 is 9.80 Å². The molecule has 1 aliphatic heterocycles. The molecule has 2 rings (SSSR count). The smallest absolute Gasteiger partial charge is 0.245 e. The summed E-state index contributed by atoms with van der Waals surface area (Å²) >= 11 is 0. The molecular weight excluding hydrogens is 276 g/mol. The normalized spacial score (nSPS) is 17.8. The number of rotatable bonds is 7. The highest BCUT2D eigenvalue weighted by atomic mass is 16.2. The highest BCUT2D eigenvalue weighted by molar-refractivity contribution is 5.90. The lowest BCUT2D eigenvalue weighted by Crippen LogP contribution is -2.47. The minimum Gasteiger partial charge on any atom is -0.341 e. The van der Waals surface area contributed by atoms with Crippen LogP contribution in [0.3, 0.4) is 0 Å². The lowest BCUT2D eigenvalue weighted by Gasteiger charge is -2.30. The van der Waals surface area contributed by atoms with Gasteiger partial charge in [-0.25, -0.2) is 0 Å². The monoisotopic (exact) mass is 302 g/mol. The largest absolute Gasteiger partial charge is 0.341 e. The molecule has 1 fully saturated rings. The molecule has 1 heterocycles. The number of carbonyl (C=O) groups excluding carboxylic acids is 2. The van der Waals surface area contributed by atoms with E-state index in [-0.39, 0.29) is 17.9 Å². The first-order chi connectivity index (χ1) is 10.7. The van der Waals surface area contributed by atoms with Gasteiger partial charge in [0.15, 0.2) is 0 Å². The van der Waals surface area contributed by atoms with Crippen LogP contribution in [0.1, 0.15) is 45.1 Å². The molecule has 1 aromatic rings. The summed E-state index contributed by atoms with van der Waals surface area (Å²) in [4.78, 5) is 28.7. The van der Waals surface area contributed by atoms with E-state index in [0.29, 0.717) is 19.4 Å². The zero-order valence-corrected chi connectivity index (χ0v) is 13.6. The summed E-state index contributed by atoms with van der Waals surface area (Å²) in [5.41, 5.74) is 1.08. The lowest BCUT2D eigenvalue weighted by atomic mass is 10.1. The average Bonchev–Trinajstić information content (AvgIpc) is 2.88. The van der Waals surface area contributed by atoms with E-state index in [1.165, 1.54) is 0 Å². The van der Waals surface area contributed by atoms with E-state index in [9.17, 15) is 9.59 Å². The van der Waals surface area contributed by atoms with E-state index in [1.54, 1.807) is 4.90 Å². The Labute approximate surface area is 133 Å². The Kier molecular flexibility index (Phi) is 5.99. The second-order valence-electron chi connectivity index (χ2n) is 5.89. The molecule has 120 valence electrons. The van der Waals surface area contributed by atoms with Gasteiger partial charge in [-0.3, -0.25) is 9.59 Å². The summed E-state index contributed by atoms with van der Waals surface area (Å²) in [6, 6.07) is 9.61. The van der Waals surface area contributed by atoms with Gasteiger partial charge in [-0.2, -0.15) is 0 Å². The van der Waals surface area contributed by atoms with Crippen molar-refractivity contribution in [2.45, 2.75) is 52.1 Å². The molecular formula is C18H26N2O2. The fraction of sp³-hybridized carbons (Fsp3) is 0.556. The number of benzene rings is 1. The molecule has 1 aliphatic rings. The number of carbonyl (C=O) groups is 2. The molecule has 4 nitrogen and oxygen atoms in total. The predicted octanol–water partition coefficient (Wildman–Crippen LogP) is 2.83. The Morgan fingerprint density at radius 1 is 1.18 bits per heavy atom. The van der Waals surface area contributed by atoms with Gasteiger partial charge >= 0.3 is 0 Å². The summed E-state index contributed by atoms with van der Waals surface area (Å²) in [6.07, 6.45) is 3.03. The Morgan fingerprint density at radius 3 is 2.41 bits per heavy atom. The maximum absolute atomic E-state index is 12.8. The highest BCUT2D eigenvalue weighted by Gasteiger charge is 2.37. The van der Waals surface area contributed by atoms with Crippen LogP contribution in [0.2, 0.25) is 0 Å². The van der Waals surface area contributed by atoms with Crippen molar-refractivity contribution in [2.75, 3.05) is 13.1 Å². The predicted molar refractivity (Wildman–Crippen MR) is 87.2 cm³/mol. The molecule has 1 aromatic carbocycles. The molecule has 1 atom stereocenters. The maximum Gasteiger partial charge on any atom is 0.245 e. The van der Waals surface area contributed by atoms with Gasteiger partial charge in [0.25, 0.3) is 0 Å². The van der Waals surface area contributed by atoms with Crippen LogP contribution in [0.4, 0.5) is 0 Å². The van der Waals surface area contributed by atoms with Crippen molar-refractivity contribution in [2.24, 2.45) is 0 Å². The van der Waals surface area contributed by atoms with Crippen molar-refractivity contribution in [3.8, 4) is 0 Å². The Morgan fingerprint density at radius 2 is 1.82 bits per heavy atom. The number of hydrogen-bond acceptors (Lipinski definition) is 2. The van der Waals surface area contributed by atoms with Gasteiger partial charge in [0.1, 0.15) is 6.04 Å². The zero-order valence-electron chi connectivity index (χ0n) is 13.6. The number of likely N-dealkylation sites (tertiary alicyclic amines) is 1. The summed E-state index contributed by atoms with van der Waals surface area (Å²) in [7, 11) is 0. The summed E-state index contributed by atoms with van der Waals surface area (Å²) < 4.78 is 0. The fourth-order valence-electron chi connectivity index (χ4n) is 3.05. The van der Waals surface area contributed by atoms with E-state index in [2.05, 4.69) is 13.8 Å². The highest BCUT2D eigenvalue weighted by Crippen LogP contribution is 2.23. The summed E-state index contributed by atoms with van der Waals surface area (Å²) in [5.74, 6) is 0.209. The van der Waals surface area contributed by atoms with Crippen LogP contribution < -0.4 is 0 Å². The standard InChI is InChI=1S/C18H26N2O2/c1-3-12-19(13-4-2)18(22)16-10-11-17(21)20(16)14-15-8-6-5-7-9-15/h5-9,16H,3-4,10-14H2,1-2H3. The van der Waals surface area contributed by atoms with Crippen LogP contribution in [0, 0.1) is 0 Å². The molecule has 0 radical (unpaired) electrons. The molecule has 0 N–H and O–H groups in total. The number of nitrogens with zero attached hydrogens (tertiary/aromatic N) is 2. The molecule has 0 saturated carbocycles. The third-order valence-electron chi connectivity index (χ3n) is 4.11. The second kappa shape index (κ2) is 7.97. The van der Waals surface area contributed by atoms with Gasteiger partial charge in [-0.05, 0) is 24.8 Å². The van der Waals surface area contributed by atoms with Crippen LogP contribution in [0.5, 0.6) is 0 Å². The van der Waals surface area contributed by atoms with Gasteiger partial charge in [-0.1, -0.05) is 44.2 Å². The first-order valence-corrected chi connectivity index (χ1v) is 8.29. The SMILES string of the molecule is CCCN(CCC)C(=O)C1CCC(=O)N1Cc1ccccc1. The number of amides is 2. The van der Waals surface area contributed by atoms with Crippen LogP contribution in [0.25, 0.3) is 0 Å². The van der Waals surface area contributed by atoms with Crippen molar-refractivity contribution in [1.29, 1.82) is 0 Å². The van der Waals surface area contributed by atoms with Crippen LogP contribution in [-0.2, 0) is 16.1 Å². The minimum atomic E-state index is -0.286. The van der Waals surface area contributed by atoms with Crippen molar-refractivity contribution >= 4 is 11.8 Å². The molecule has 0 aliphatic carbocycles. The van der Waals surface area contributed by atoms with E-state index in [0.717, 1.165) is 31.5 Å². The first kappa shape index (κ1) is 16.5. The molecule has 1 saturated heterocycles. The third-order valence-corrected chi connectivity index (χ3v) is 4.11. The quantitative estimate of drug-likeness (QED) is 0.777. The number of hydrogen-bond donors (Lipinski definition) is 0. The molecule has 1 unspecified atom stereocenters. The van der Waals surface area contributed by atoms with Gasteiger partial charge in [0.05, 0.1) is 0 Å². The topological polar surface area (TPSA) is 40.6 Å². The van der Waals surface area contributed by atoms with Crippen LogP contribution in [0.15, 0.2) is 30.3 Å². The Hall–Kier alpha value is -1.84. The third kappa shape index (κ3) is 3.87. The van der Waals surface area contributed by atoms with Crippen molar-refractivity contribution < 1.29 is 9.59 Å². The van der Waals surface area contributed by atoms with Gasteiger partial charge in [-0.15, -0.1) is 0 Å². The Balaban J connectivity index is 2.10. The van der Waals surface area contributed by atoms with Crippen molar-refractivity contribution in [1.82, 2.24) is 9.80 Å². The van der Waals surface area contributed by atoms with Crippen molar-refractivity contribution in [3.63, 3.8) is 0 Å². The molecule has 0 aromatic heterocycles. The average molecular weight is 302 g/mol. The van der Waals surface area contributed by atoms with E-state index in [4.69, 9.17) is 0 Å². The maximum atomic E-state index is 12.8. The minimum absolute atomic E-state index is 0.0927. The molecule has 2 amide bonds. The van der Waals surface area contributed by atoms with Gasteiger partial charge in [0, 0.05) is 26.1 Å². The second-order valence-corrected chi connectivity index (χ2v) is 5.89. The van der Waals surface area contributed by atoms with E-state index in [1.807, 2.05) is 35.2 Å². The fourth-order valence-corrected chi connectivity index (χ4v) is 3.05. The zero-order chi connectivity index (χ0) is 15.9. The van der Waals surface area contributed by atoms with Gasteiger partial charge in [0.2, 0.25) is 11.8 Å². The lowest BCUT2D eigenvalue weighted by molar-refractivity contribution is -0.141. The van der Waals surface area contributed by atoms with E-state index < -0.39 is 0 Å². The summed E-state index contributed by atoms with van der Waals surface area (Å²) in [5, 5.41) is 0. The van der Waals surface area contributed by atoms with Crippen LogP contribution in [-0.4, -0.2) is 40.7 Å². The Bertz CT molecular complexity index is 495. The molecule has 22 heavy (non-hydrogen) atoms. The molecule has 0 bridgehead atoms. The molecule has 0 spiro atoms. The van der Waals surface area contributed by atoms with Crippen molar-refractivity contribution in [3.05, 3.63) is 35.9 Å². The van der Waals surface area contributed by atoms with E-state index >= 15 is 0 Å². The van der Waals surface area contributed by atoms with Crippen LogP contribution >= 0.6 is 0 Å². The summed E-state index contributed by atoms with van der Waals surface area (Å²) in [6.45, 7) is 6.24. The molecule has 4 heteroatoms.